The number of hydrogen-bond donors (Lipinski definition) is 0. The van der Waals surface area contributed by atoms with Gasteiger partial charge in [-0.1, -0.05) is 59.8 Å². The van der Waals surface area contributed by atoms with Gasteiger partial charge < -0.3 is 4.74 Å². The lowest BCUT2D eigenvalue weighted by Gasteiger charge is -2.21. The van der Waals surface area contributed by atoms with E-state index in [4.69, 9.17) is 4.74 Å². The standard InChI is InChI=1S/C16H30O2/c1-6-7-8-9-10-11-12-13-15(16(3,4)5)18-14(2)17/h13H,6-12H2,1-5H3/b15-13-. The van der Waals surface area contributed by atoms with Gasteiger partial charge in [0.2, 0.25) is 0 Å². The van der Waals surface area contributed by atoms with Crippen molar-refractivity contribution in [2.45, 2.75) is 79.6 Å². The topological polar surface area (TPSA) is 26.3 Å². The lowest BCUT2D eigenvalue weighted by Crippen LogP contribution is -2.14. The average molecular weight is 254 g/mol. The van der Waals surface area contributed by atoms with Crippen molar-refractivity contribution in [3.8, 4) is 0 Å². The number of carbonyl (C=O) groups excluding carboxylic acids is 1. The predicted molar refractivity (Wildman–Crippen MR) is 77.3 cm³/mol. The molecule has 0 amide bonds. The number of rotatable bonds is 8. The van der Waals surface area contributed by atoms with Crippen LogP contribution in [0.1, 0.15) is 79.6 Å². The molecule has 0 aliphatic heterocycles. The van der Waals surface area contributed by atoms with E-state index in [0.29, 0.717) is 0 Å². The van der Waals surface area contributed by atoms with Gasteiger partial charge in [-0.05, 0) is 18.9 Å². The Hall–Kier alpha value is -0.790. The Bertz CT molecular complexity index is 259. The van der Waals surface area contributed by atoms with E-state index in [2.05, 4.69) is 33.8 Å². The van der Waals surface area contributed by atoms with Gasteiger partial charge in [-0.2, -0.15) is 0 Å². The third-order valence-corrected chi connectivity index (χ3v) is 2.88. The summed E-state index contributed by atoms with van der Waals surface area (Å²) < 4.78 is 5.28. The fourth-order valence-corrected chi connectivity index (χ4v) is 1.81. The summed E-state index contributed by atoms with van der Waals surface area (Å²) >= 11 is 0. The van der Waals surface area contributed by atoms with Crippen LogP contribution in [-0.4, -0.2) is 5.97 Å². The first-order chi connectivity index (χ1) is 8.38. The van der Waals surface area contributed by atoms with E-state index in [-0.39, 0.29) is 11.4 Å². The normalized spacial score (nSPS) is 12.6. The Morgan fingerprint density at radius 3 is 2.11 bits per heavy atom. The number of hydrogen-bond acceptors (Lipinski definition) is 2. The zero-order valence-electron chi connectivity index (χ0n) is 12.8. The second kappa shape index (κ2) is 9.18. The van der Waals surface area contributed by atoms with E-state index >= 15 is 0 Å². The molecular weight excluding hydrogens is 224 g/mol. The van der Waals surface area contributed by atoms with Gasteiger partial charge in [0.05, 0.1) is 0 Å². The fraction of sp³-hybridized carbons (Fsp3) is 0.812. The summed E-state index contributed by atoms with van der Waals surface area (Å²) in [5.41, 5.74) is -0.0894. The monoisotopic (exact) mass is 254 g/mol. The minimum absolute atomic E-state index is 0.0894. The van der Waals surface area contributed by atoms with Crippen molar-refractivity contribution in [1.29, 1.82) is 0 Å². The molecule has 106 valence electrons. The quantitative estimate of drug-likeness (QED) is 0.337. The lowest BCUT2D eigenvalue weighted by atomic mass is 9.92. The third kappa shape index (κ3) is 9.26. The maximum absolute atomic E-state index is 11.0. The highest BCUT2D eigenvalue weighted by Gasteiger charge is 2.19. The first kappa shape index (κ1) is 17.2. The number of esters is 1. The van der Waals surface area contributed by atoms with Crippen LogP contribution in [0.2, 0.25) is 0 Å². The van der Waals surface area contributed by atoms with Gasteiger partial charge in [0.15, 0.2) is 0 Å². The molecule has 2 nitrogen and oxygen atoms in total. The molecule has 2 heteroatoms. The highest BCUT2D eigenvalue weighted by molar-refractivity contribution is 5.67. The fourth-order valence-electron chi connectivity index (χ4n) is 1.81. The summed E-state index contributed by atoms with van der Waals surface area (Å²) in [6.45, 7) is 9.91. The summed E-state index contributed by atoms with van der Waals surface area (Å²) in [5, 5.41) is 0. The van der Waals surface area contributed by atoms with Crippen LogP contribution < -0.4 is 0 Å². The zero-order valence-corrected chi connectivity index (χ0v) is 12.8. The highest BCUT2D eigenvalue weighted by Crippen LogP contribution is 2.27. The van der Waals surface area contributed by atoms with Crippen LogP contribution in [0.25, 0.3) is 0 Å². The maximum atomic E-state index is 11.0. The van der Waals surface area contributed by atoms with Crippen LogP contribution in [0.5, 0.6) is 0 Å². The van der Waals surface area contributed by atoms with Gasteiger partial charge in [-0.25, -0.2) is 0 Å². The first-order valence-corrected chi connectivity index (χ1v) is 7.27. The molecule has 0 aliphatic carbocycles. The van der Waals surface area contributed by atoms with Crippen molar-refractivity contribution >= 4 is 5.97 Å². The smallest absolute Gasteiger partial charge is 0.307 e. The molecule has 0 radical (unpaired) electrons. The van der Waals surface area contributed by atoms with Gasteiger partial charge in [-0.3, -0.25) is 4.79 Å². The van der Waals surface area contributed by atoms with Gasteiger partial charge in [0.25, 0.3) is 0 Å². The van der Waals surface area contributed by atoms with E-state index in [1.54, 1.807) is 0 Å². The molecule has 0 aliphatic rings. The van der Waals surface area contributed by atoms with E-state index in [0.717, 1.165) is 12.2 Å². The van der Waals surface area contributed by atoms with Gasteiger partial charge in [0.1, 0.15) is 5.76 Å². The van der Waals surface area contributed by atoms with Crippen LogP contribution >= 0.6 is 0 Å². The molecule has 0 atom stereocenters. The second-order valence-corrected chi connectivity index (χ2v) is 5.97. The number of unbranched alkanes of at least 4 members (excludes halogenated alkanes) is 6. The largest absolute Gasteiger partial charge is 0.431 e. The van der Waals surface area contributed by atoms with Crippen molar-refractivity contribution in [3.63, 3.8) is 0 Å². The molecular formula is C16H30O2. The number of carbonyl (C=O) groups is 1. The molecule has 0 heterocycles. The predicted octanol–water partition coefficient (Wildman–Crippen LogP) is 5.23. The minimum Gasteiger partial charge on any atom is -0.431 e. The number of allylic oxidation sites excluding steroid dienone is 2. The average Bonchev–Trinajstić information content (AvgIpc) is 2.24. The molecule has 0 aromatic rings. The van der Waals surface area contributed by atoms with E-state index in [1.165, 1.54) is 45.4 Å². The van der Waals surface area contributed by atoms with Crippen LogP contribution in [0.15, 0.2) is 11.8 Å². The van der Waals surface area contributed by atoms with Crippen molar-refractivity contribution < 1.29 is 9.53 Å². The van der Waals surface area contributed by atoms with Gasteiger partial charge in [0, 0.05) is 12.3 Å². The SMILES string of the molecule is CCCCCCCC/C=C(\OC(C)=O)C(C)(C)C. The van der Waals surface area contributed by atoms with Crippen LogP contribution in [-0.2, 0) is 9.53 Å². The van der Waals surface area contributed by atoms with Crippen molar-refractivity contribution in [3.05, 3.63) is 11.8 Å². The second-order valence-electron chi connectivity index (χ2n) is 5.97. The van der Waals surface area contributed by atoms with Gasteiger partial charge in [-0.15, -0.1) is 0 Å². The third-order valence-electron chi connectivity index (χ3n) is 2.88. The summed E-state index contributed by atoms with van der Waals surface area (Å²) in [4.78, 5) is 11.0. The molecule has 0 rings (SSSR count). The Kier molecular flexibility index (Phi) is 8.78. The molecule has 0 spiro atoms. The molecule has 18 heavy (non-hydrogen) atoms. The maximum Gasteiger partial charge on any atom is 0.307 e. The molecule has 0 saturated heterocycles. The highest BCUT2D eigenvalue weighted by atomic mass is 16.5. The summed E-state index contributed by atoms with van der Waals surface area (Å²) in [6.07, 6.45) is 10.8. The molecule has 0 aromatic heterocycles. The first-order valence-electron chi connectivity index (χ1n) is 7.27. The van der Waals surface area contributed by atoms with Crippen LogP contribution in [0, 0.1) is 5.41 Å². The van der Waals surface area contributed by atoms with Crippen molar-refractivity contribution in [1.82, 2.24) is 0 Å². The minimum atomic E-state index is -0.223. The van der Waals surface area contributed by atoms with E-state index in [9.17, 15) is 4.79 Å². The number of ether oxygens (including phenoxy) is 1. The molecule has 0 fully saturated rings. The van der Waals surface area contributed by atoms with Crippen LogP contribution in [0.4, 0.5) is 0 Å². The summed E-state index contributed by atoms with van der Waals surface area (Å²) in [5.74, 6) is 0.586. The Morgan fingerprint density at radius 2 is 1.61 bits per heavy atom. The Balaban J connectivity index is 3.98. The Morgan fingerprint density at radius 1 is 1.06 bits per heavy atom. The summed E-state index contributed by atoms with van der Waals surface area (Å²) in [6, 6.07) is 0. The molecule has 0 aromatic carbocycles. The van der Waals surface area contributed by atoms with Crippen molar-refractivity contribution in [2.24, 2.45) is 5.41 Å². The Labute approximate surface area is 113 Å². The van der Waals surface area contributed by atoms with Crippen molar-refractivity contribution in [2.75, 3.05) is 0 Å². The van der Waals surface area contributed by atoms with E-state index < -0.39 is 0 Å². The lowest BCUT2D eigenvalue weighted by molar-refractivity contribution is -0.138. The molecule has 0 N–H and O–H groups in total. The van der Waals surface area contributed by atoms with E-state index in [1.807, 2.05) is 0 Å². The molecule has 0 unspecified atom stereocenters. The molecule has 0 saturated carbocycles. The molecule has 0 bridgehead atoms. The van der Waals surface area contributed by atoms with Gasteiger partial charge >= 0.3 is 5.97 Å². The van der Waals surface area contributed by atoms with Crippen LogP contribution in [0.3, 0.4) is 0 Å². The zero-order chi connectivity index (χ0) is 14.0. The summed E-state index contributed by atoms with van der Waals surface area (Å²) in [7, 11) is 0.